The van der Waals surface area contributed by atoms with Crippen molar-refractivity contribution in [2.24, 2.45) is 0 Å². The number of hydrogen-bond donors (Lipinski definition) is 2. The van der Waals surface area contributed by atoms with Crippen molar-refractivity contribution in [2.45, 2.75) is 79.3 Å². The van der Waals surface area contributed by atoms with E-state index in [4.69, 9.17) is 43.5 Å². The number of aromatic nitrogens is 4. The van der Waals surface area contributed by atoms with Gasteiger partial charge < -0.3 is 37.1 Å². The van der Waals surface area contributed by atoms with Crippen molar-refractivity contribution < 1.29 is 40.8 Å². The molecule has 0 atom stereocenters. The van der Waals surface area contributed by atoms with E-state index in [1.165, 1.54) is 0 Å². The van der Waals surface area contributed by atoms with E-state index in [0.29, 0.717) is 0 Å². The SMILES string of the molecule is C#Cc1ccc(-c2c3nc(c(-c4ccc(C)cc4)c4ccc([nH]4)c(-c4ccc(C(c5ccc(CP(=O)(OCC)OCC)cc5)(c5ccc(CP(=O)(OCC)OCC)cc5)c5ccc(CP(=O)(OCC)OCC)cc5)cc4)c4nc(c(-c5ccc(C)cc5)c5ccc2[nH]5)C=C4)C=C3)cc1. The second kappa shape index (κ2) is 30.1. The number of benzene rings is 7. The summed E-state index contributed by atoms with van der Waals surface area (Å²) < 4.78 is 77.2. The molecule has 0 amide bonds. The quantitative estimate of drug-likeness (QED) is 0.0301. The molecule has 0 aliphatic carbocycles. The van der Waals surface area contributed by atoms with Crippen LogP contribution in [0, 0.1) is 26.2 Å². The molecule has 13 nitrogen and oxygen atoms in total. The third-order valence-corrected chi connectivity index (χ3v) is 23.8. The van der Waals surface area contributed by atoms with Crippen LogP contribution in [0.15, 0.2) is 194 Å². The first kappa shape index (κ1) is 69.1. The van der Waals surface area contributed by atoms with E-state index in [0.717, 1.165) is 145 Å². The zero-order valence-corrected chi connectivity index (χ0v) is 59.3. The molecule has 0 radical (unpaired) electrons. The van der Waals surface area contributed by atoms with Crippen LogP contribution < -0.4 is 0 Å². The first-order valence-electron chi connectivity index (χ1n) is 33.5. The molecule has 3 aromatic heterocycles. The third kappa shape index (κ3) is 14.6. The number of fused-ring (bicyclic) bond motifs is 8. The Balaban J connectivity index is 1.12. The Hall–Kier alpha value is -8.85. The lowest BCUT2D eigenvalue weighted by Crippen LogP contribution is -2.31. The summed E-state index contributed by atoms with van der Waals surface area (Å²) in [5.41, 5.74) is 21.9. The Bertz CT molecular complexity index is 4700. The molecule has 498 valence electrons. The summed E-state index contributed by atoms with van der Waals surface area (Å²) in [7, 11) is -10.5. The molecule has 0 unspecified atom stereocenters. The predicted octanol–water partition coefficient (Wildman–Crippen LogP) is 21.6. The third-order valence-electron chi connectivity index (χ3n) is 17.6. The average Bonchev–Trinajstić information content (AvgIpc) is 1.01. The summed E-state index contributed by atoms with van der Waals surface area (Å²) in [5.74, 6) is 2.78. The van der Waals surface area contributed by atoms with E-state index >= 15 is 0 Å². The first-order valence-corrected chi connectivity index (χ1v) is 38.6. The Morgan fingerprint density at radius 2 is 0.582 bits per heavy atom. The van der Waals surface area contributed by atoms with Gasteiger partial charge in [0.15, 0.2) is 0 Å². The zero-order valence-electron chi connectivity index (χ0n) is 56.6. The standard InChI is InChI=1S/C82H81N4O9P3/c1-10-58-21-33-64(34-22-58)80-74-49-45-70(83-74)78(62-29-17-56(8)18-30-62)72-47-51-76(85-72)81(77-52-48-73(86-77)79(71-46-50-75(80)84-71)63-31-19-57(9)20-32-63)65-35-43-69(44-36-65)82(66-37-23-59(24-38-66)53-96(87,90-11-2)91-12-3,67-39-25-60(26-40-67)54-97(88,92-13-4)93-14-5)68-41-27-61(28-42-68)55-98(89,94-15-6)95-16-7/h1,17-52,83,86H,11-16,53-55H2,2-9H3. The number of hydrogen-bond acceptors (Lipinski definition) is 11. The molecule has 98 heavy (non-hydrogen) atoms. The maximum atomic E-state index is 14.1. The topological polar surface area (TPSA) is 164 Å². The molecule has 10 aromatic rings. The summed E-state index contributed by atoms with van der Waals surface area (Å²) in [5, 5.41) is 0. The van der Waals surface area contributed by atoms with Gasteiger partial charge >= 0.3 is 22.8 Å². The minimum absolute atomic E-state index is 0.0730. The summed E-state index contributed by atoms with van der Waals surface area (Å²) in [6.45, 7) is 16.4. The van der Waals surface area contributed by atoms with Gasteiger partial charge in [0.05, 0.1) is 86.3 Å². The van der Waals surface area contributed by atoms with Gasteiger partial charge in [-0.3, -0.25) is 13.7 Å². The monoisotopic (exact) mass is 1360 g/mol. The highest BCUT2D eigenvalue weighted by atomic mass is 31.2. The van der Waals surface area contributed by atoms with Gasteiger partial charge in [0.25, 0.3) is 0 Å². The zero-order chi connectivity index (χ0) is 68.6. The largest absolute Gasteiger partial charge is 0.354 e. The number of nitrogens with one attached hydrogen (secondary N) is 2. The Morgan fingerprint density at radius 3 is 0.827 bits per heavy atom. The smallest absolute Gasteiger partial charge is 0.335 e. The van der Waals surface area contributed by atoms with E-state index < -0.39 is 28.2 Å². The average molecular weight is 1360 g/mol. The number of aryl methyl sites for hydroxylation is 2. The lowest BCUT2D eigenvalue weighted by Gasteiger charge is -2.37. The molecule has 2 aliphatic rings. The molecule has 7 aromatic carbocycles. The van der Waals surface area contributed by atoms with Crippen molar-refractivity contribution in [3.05, 3.63) is 273 Å². The van der Waals surface area contributed by atoms with Gasteiger partial charge in [-0.15, -0.1) is 6.42 Å². The highest BCUT2D eigenvalue weighted by molar-refractivity contribution is 7.53. The van der Waals surface area contributed by atoms with Crippen molar-refractivity contribution in [3.63, 3.8) is 0 Å². The van der Waals surface area contributed by atoms with Gasteiger partial charge in [0.2, 0.25) is 0 Å². The van der Waals surface area contributed by atoms with Crippen LogP contribution in [0.4, 0.5) is 0 Å². The normalized spacial score (nSPS) is 12.5. The number of aromatic amines is 2. The van der Waals surface area contributed by atoms with Crippen LogP contribution in [0.1, 0.15) is 120 Å². The highest BCUT2D eigenvalue weighted by Crippen LogP contribution is 2.55. The fourth-order valence-corrected chi connectivity index (χ4v) is 18.4. The van der Waals surface area contributed by atoms with E-state index in [-0.39, 0.29) is 58.1 Å². The van der Waals surface area contributed by atoms with Crippen LogP contribution in [-0.2, 0) is 64.7 Å². The number of rotatable bonds is 26. The fourth-order valence-electron chi connectivity index (χ4n) is 13.3. The van der Waals surface area contributed by atoms with Crippen LogP contribution in [0.25, 0.3) is 90.9 Å². The lowest BCUT2D eigenvalue weighted by atomic mass is 9.64. The summed E-state index contributed by atoms with van der Waals surface area (Å²) in [6.07, 6.45) is 14.5. The van der Waals surface area contributed by atoms with Gasteiger partial charge in [0.1, 0.15) is 0 Å². The summed E-state index contributed by atoms with van der Waals surface area (Å²) in [6, 6.07) is 66.8. The summed E-state index contributed by atoms with van der Waals surface area (Å²) in [4.78, 5) is 19.0. The Labute approximate surface area is 575 Å². The molecule has 2 aliphatic heterocycles. The second-order valence-corrected chi connectivity index (χ2v) is 30.4. The van der Waals surface area contributed by atoms with Crippen LogP contribution in [0.2, 0.25) is 0 Å². The molecular weight excluding hydrogens is 1280 g/mol. The van der Waals surface area contributed by atoms with Gasteiger partial charge in [0, 0.05) is 49.9 Å². The van der Waals surface area contributed by atoms with Crippen LogP contribution in [0.5, 0.6) is 0 Å². The molecule has 8 bridgehead atoms. The van der Waals surface area contributed by atoms with Crippen molar-refractivity contribution in [1.82, 2.24) is 19.9 Å². The molecule has 0 fully saturated rings. The number of terminal acetylenes is 1. The van der Waals surface area contributed by atoms with Gasteiger partial charge in [-0.1, -0.05) is 175 Å². The molecule has 16 heteroatoms. The predicted molar refractivity (Wildman–Crippen MR) is 400 cm³/mol. The number of nitrogens with zero attached hydrogens (tertiary/aromatic N) is 2. The summed E-state index contributed by atoms with van der Waals surface area (Å²) >= 11 is 0. The number of H-pyrrole nitrogens is 2. The van der Waals surface area contributed by atoms with Crippen molar-refractivity contribution in [2.75, 3.05) is 39.6 Å². The second-order valence-electron chi connectivity index (χ2n) is 24.2. The van der Waals surface area contributed by atoms with E-state index in [1.54, 1.807) is 0 Å². The molecule has 0 saturated carbocycles. The minimum atomic E-state index is -3.50. The van der Waals surface area contributed by atoms with E-state index in [9.17, 15) is 13.7 Å². The highest BCUT2D eigenvalue weighted by Gasteiger charge is 2.40. The van der Waals surface area contributed by atoms with Crippen LogP contribution in [0.3, 0.4) is 0 Å². The Morgan fingerprint density at radius 1 is 0.347 bits per heavy atom. The van der Waals surface area contributed by atoms with Crippen molar-refractivity contribution in [3.8, 4) is 56.9 Å². The van der Waals surface area contributed by atoms with Crippen LogP contribution in [-0.4, -0.2) is 59.6 Å². The molecule has 0 saturated heterocycles. The van der Waals surface area contributed by atoms with E-state index in [1.807, 2.05) is 90.1 Å². The first-order chi connectivity index (χ1) is 47.5. The lowest BCUT2D eigenvalue weighted by molar-refractivity contribution is 0.218. The van der Waals surface area contributed by atoms with Gasteiger partial charge in [-0.2, -0.15) is 0 Å². The molecule has 12 rings (SSSR count). The minimum Gasteiger partial charge on any atom is -0.354 e. The Kier molecular flexibility index (Phi) is 21.2. The van der Waals surface area contributed by atoms with E-state index in [2.05, 4.69) is 200 Å². The van der Waals surface area contributed by atoms with Gasteiger partial charge in [-0.25, -0.2) is 9.97 Å². The maximum absolute atomic E-state index is 14.1. The van der Waals surface area contributed by atoms with Crippen molar-refractivity contribution in [1.29, 1.82) is 0 Å². The van der Waals surface area contributed by atoms with Crippen LogP contribution >= 0.6 is 22.8 Å². The van der Waals surface area contributed by atoms with Crippen molar-refractivity contribution >= 4 is 69.2 Å². The van der Waals surface area contributed by atoms with Gasteiger partial charge in [-0.05, 0) is 177 Å². The fraction of sp³-hybridized carbons (Fsp3) is 0.220. The molecule has 5 heterocycles. The molecular formula is C82H81N4O9P3. The molecule has 0 spiro atoms. The molecule has 2 N–H and O–H groups in total. The maximum Gasteiger partial charge on any atom is 0.335 e.